The van der Waals surface area contributed by atoms with E-state index in [4.69, 9.17) is 0 Å². The Morgan fingerprint density at radius 2 is 2.20 bits per heavy atom. The molecule has 4 rings (SSSR count). The third-order valence-electron chi connectivity index (χ3n) is 4.51. The van der Waals surface area contributed by atoms with Crippen LogP contribution in [0.1, 0.15) is 17.7 Å². The molecule has 25 heavy (non-hydrogen) atoms. The van der Waals surface area contributed by atoms with Crippen LogP contribution in [-0.2, 0) is 10.3 Å². The highest BCUT2D eigenvalue weighted by Gasteiger charge is 2.42. The van der Waals surface area contributed by atoms with Crippen LogP contribution in [0.5, 0.6) is 0 Å². The minimum Gasteiger partial charge on any atom is -0.317 e. The van der Waals surface area contributed by atoms with Gasteiger partial charge in [0.1, 0.15) is 5.54 Å². The number of carbonyl (C=O) groups is 1. The lowest BCUT2D eigenvalue weighted by Crippen LogP contribution is -2.52. The second-order valence-electron chi connectivity index (χ2n) is 6.13. The van der Waals surface area contributed by atoms with Crippen molar-refractivity contribution in [2.24, 2.45) is 0 Å². The van der Waals surface area contributed by atoms with Gasteiger partial charge in [-0.1, -0.05) is 0 Å². The minimum atomic E-state index is -0.653. The van der Waals surface area contributed by atoms with Crippen LogP contribution < -0.4 is 10.6 Å². The van der Waals surface area contributed by atoms with E-state index in [0.29, 0.717) is 18.0 Å². The maximum Gasteiger partial charge on any atom is 0.254 e. The molecule has 0 aliphatic carbocycles. The SMILES string of the molecule is Cc1ccc(-c2csc(NC(=O)C3(n4cccn4)CCNCC3)n2)s1. The Balaban J connectivity index is 1.57. The van der Waals surface area contributed by atoms with Crippen molar-refractivity contribution in [3.63, 3.8) is 0 Å². The number of anilines is 1. The number of carbonyl (C=O) groups excluding carboxylic acids is 1. The van der Waals surface area contributed by atoms with Crippen molar-refractivity contribution >= 4 is 33.7 Å². The molecular weight excluding hydrogens is 354 g/mol. The normalized spacial score (nSPS) is 16.7. The van der Waals surface area contributed by atoms with E-state index in [-0.39, 0.29) is 5.91 Å². The van der Waals surface area contributed by atoms with Gasteiger partial charge in [-0.15, -0.1) is 22.7 Å². The Labute approximate surface area is 153 Å². The Morgan fingerprint density at radius 1 is 1.36 bits per heavy atom. The molecule has 130 valence electrons. The van der Waals surface area contributed by atoms with Crippen molar-refractivity contribution in [2.75, 3.05) is 18.4 Å². The standard InChI is InChI=1S/C17H19N5OS2/c1-12-3-4-14(25-12)13-11-24-16(20-13)21-15(23)17(5-8-18-9-6-17)22-10-2-7-19-22/h2-4,7,10-11,18H,5-6,8-9H2,1H3,(H,20,21,23). The molecule has 3 aromatic rings. The number of thiazole rings is 1. The summed E-state index contributed by atoms with van der Waals surface area (Å²) in [5.74, 6) is -0.0408. The first kappa shape index (κ1) is 16.4. The van der Waals surface area contributed by atoms with Gasteiger partial charge in [0.25, 0.3) is 5.91 Å². The van der Waals surface area contributed by atoms with Crippen LogP contribution in [0.25, 0.3) is 10.6 Å². The van der Waals surface area contributed by atoms with Crippen LogP contribution in [0.4, 0.5) is 5.13 Å². The largest absolute Gasteiger partial charge is 0.317 e. The van der Waals surface area contributed by atoms with Crippen LogP contribution in [0.3, 0.4) is 0 Å². The molecule has 0 radical (unpaired) electrons. The molecule has 1 amide bonds. The zero-order chi connectivity index (χ0) is 17.3. The van der Waals surface area contributed by atoms with E-state index in [1.54, 1.807) is 22.2 Å². The summed E-state index contributed by atoms with van der Waals surface area (Å²) >= 11 is 3.17. The maximum atomic E-state index is 13.1. The van der Waals surface area contributed by atoms with Crippen molar-refractivity contribution < 1.29 is 4.79 Å². The van der Waals surface area contributed by atoms with E-state index in [0.717, 1.165) is 23.7 Å². The third kappa shape index (κ3) is 3.12. The zero-order valence-electron chi connectivity index (χ0n) is 13.9. The van der Waals surface area contributed by atoms with Gasteiger partial charge >= 0.3 is 0 Å². The molecule has 1 aliphatic heterocycles. The van der Waals surface area contributed by atoms with Crippen molar-refractivity contribution in [3.05, 3.63) is 40.8 Å². The van der Waals surface area contributed by atoms with Gasteiger partial charge in [-0.05, 0) is 51.1 Å². The summed E-state index contributed by atoms with van der Waals surface area (Å²) in [4.78, 5) is 20.1. The van der Waals surface area contributed by atoms with Crippen LogP contribution >= 0.6 is 22.7 Å². The molecule has 1 saturated heterocycles. The molecule has 1 aliphatic rings. The first-order valence-electron chi connectivity index (χ1n) is 8.22. The van der Waals surface area contributed by atoms with Crippen molar-refractivity contribution in [1.82, 2.24) is 20.1 Å². The number of thiophene rings is 1. The number of hydrogen-bond donors (Lipinski definition) is 2. The zero-order valence-corrected chi connectivity index (χ0v) is 15.5. The molecule has 0 atom stereocenters. The predicted molar refractivity (Wildman–Crippen MR) is 101 cm³/mol. The summed E-state index contributed by atoms with van der Waals surface area (Å²) in [7, 11) is 0. The highest BCUT2D eigenvalue weighted by molar-refractivity contribution is 7.17. The summed E-state index contributed by atoms with van der Waals surface area (Å²) < 4.78 is 1.79. The Morgan fingerprint density at radius 3 is 2.88 bits per heavy atom. The van der Waals surface area contributed by atoms with Gasteiger partial charge in [0.15, 0.2) is 5.13 Å². The molecule has 0 bridgehead atoms. The number of rotatable bonds is 4. The summed E-state index contributed by atoms with van der Waals surface area (Å²) in [6.45, 7) is 3.67. The molecule has 4 heterocycles. The fourth-order valence-corrected chi connectivity index (χ4v) is 4.76. The van der Waals surface area contributed by atoms with Crippen molar-refractivity contribution in [1.29, 1.82) is 0 Å². The molecule has 0 aromatic carbocycles. The van der Waals surface area contributed by atoms with Gasteiger partial charge in [0.05, 0.1) is 10.6 Å². The average Bonchev–Trinajstić information content (AvgIpc) is 3.37. The third-order valence-corrected chi connectivity index (χ3v) is 6.29. The highest BCUT2D eigenvalue weighted by atomic mass is 32.1. The fraction of sp³-hybridized carbons (Fsp3) is 0.353. The summed E-state index contributed by atoms with van der Waals surface area (Å²) in [5.41, 5.74) is 0.261. The van der Waals surface area contributed by atoms with E-state index in [1.807, 2.05) is 17.6 Å². The summed E-state index contributed by atoms with van der Waals surface area (Å²) in [5, 5.41) is 13.3. The first-order chi connectivity index (χ1) is 12.2. The fourth-order valence-electron chi connectivity index (χ4n) is 3.15. The molecule has 2 N–H and O–H groups in total. The molecule has 1 fully saturated rings. The second-order valence-corrected chi connectivity index (χ2v) is 8.28. The average molecular weight is 374 g/mol. The van der Waals surface area contributed by atoms with Gasteiger partial charge < -0.3 is 5.32 Å². The second kappa shape index (κ2) is 6.70. The molecule has 8 heteroatoms. The molecule has 3 aromatic heterocycles. The van der Waals surface area contributed by atoms with Crippen LogP contribution in [0, 0.1) is 6.92 Å². The van der Waals surface area contributed by atoms with Gasteiger partial charge in [-0.2, -0.15) is 5.10 Å². The topological polar surface area (TPSA) is 71.8 Å². The maximum absolute atomic E-state index is 13.1. The quantitative estimate of drug-likeness (QED) is 0.737. The number of nitrogens with one attached hydrogen (secondary N) is 2. The summed E-state index contributed by atoms with van der Waals surface area (Å²) in [6.07, 6.45) is 5.01. The van der Waals surface area contributed by atoms with Crippen molar-refractivity contribution in [2.45, 2.75) is 25.3 Å². The van der Waals surface area contributed by atoms with Crippen LogP contribution in [-0.4, -0.2) is 33.8 Å². The van der Waals surface area contributed by atoms with Gasteiger partial charge in [-0.25, -0.2) is 4.98 Å². The minimum absolute atomic E-state index is 0.0408. The molecule has 0 saturated carbocycles. The van der Waals surface area contributed by atoms with Crippen LogP contribution in [0.15, 0.2) is 36.0 Å². The molecule has 0 spiro atoms. The lowest BCUT2D eigenvalue weighted by molar-refractivity contribution is -0.126. The lowest BCUT2D eigenvalue weighted by atomic mass is 9.87. The van der Waals surface area contributed by atoms with Gasteiger partial charge in [0, 0.05) is 22.7 Å². The highest BCUT2D eigenvalue weighted by Crippen LogP contribution is 2.32. The number of aromatic nitrogens is 3. The van der Waals surface area contributed by atoms with E-state index >= 15 is 0 Å². The van der Waals surface area contributed by atoms with Gasteiger partial charge in [-0.3, -0.25) is 14.8 Å². The van der Waals surface area contributed by atoms with E-state index < -0.39 is 5.54 Å². The van der Waals surface area contributed by atoms with E-state index in [9.17, 15) is 4.79 Å². The Bertz CT molecular complexity index is 861. The number of piperidine rings is 1. The number of nitrogens with zero attached hydrogens (tertiary/aromatic N) is 3. The first-order valence-corrected chi connectivity index (χ1v) is 9.92. The summed E-state index contributed by atoms with van der Waals surface area (Å²) in [6, 6.07) is 6.01. The van der Waals surface area contributed by atoms with E-state index in [1.165, 1.54) is 16.2 Å². The Hall–Kier alpha value is -2.03. The van der Waals surface area contributed by atoms with E-state index in [2.05, 4.69) is 39.8 Å². The van der Waals surface area contributed by atoms with Gasteiger partial charge in [0.2, 0.25) is 0 Å². The number of hydrogen-bond acceptors (Lipinski definition) is 6. The monoisotopic (exact) mass is 373 g/mol. The number of amides is 1. The number of aryl methyl sites for hydroxylation is 1. The molecule has 6 nitrogen and oxygen atoms in total. The molecule has 0 unspecified atom stereocenters. The Kier molecular flexibility index (Phi) is 4.41. The molecular formula is C17H19N5OS2. The lowest BCUT2D eigenvalue weighted by Gasteiger charge is -2.36. The predicted octanol–water partition coefficient (Wildman–Crippen LogP) is 3.09. The van der Waals surface area contributed by atoms with Crippen molar-refractivity contribution in [3.8, 4) is 10.6 Å². The smallest absolute Gasteiger partial charge is 0.254 e. The van der Waals surface area contributed by atoms with Crippen LogP contribution in [0.2, 0.25) is 0 Å².